The smallest absolute Gasteiger partial charge is 0.259 e. The third-order valence-electron chi connectivity index (χ3n) is 3.35. The zero-order valence-corrected chi connectivity index (χ0v) is 13.6. The molecular weight excluding hydrogens is 361 g/mol. The molecule has 1 N–H and O–H groups in total. The van der Waals surface area contributed by atoms with E-state index in [0.717, 1.165) is 10.0 Å². The van der Waals surface area contributed by atoms with Gasteiger partial charge in [0.2, 0.25) is 0 Å². The van der Waals surface area contributed by atoms with Gasteiger partial charge in [-0.25, -0.2) is 9.07 Å². The summed E-state index contributed by atoms with van der Waals surface area (Å²) >= 11 is 3.49. The van der Waals surface area contributed by atoms with E-state index in [1.165, 1.54) is 12.1 Å². The Balaban J connectivity index is 1.80. The van der Waals surface area contributed by atoms with Crippen LogP contribution in [0, 0.1) is 5.82 Å². The molecule has 0 atom stereocenters. The van der Waals surface area contributed by atoms with Crippen LogP contribution < -0.4 is 5.32 Å². The Morgan fingerprint density at radius 3 is 2.65 bits per heavy atom. The van der Waals surface area contributed by atoms with Gasteiger partial charge in [0.05, 0.1) is 18.3 Å². The van der Waals surface area contributed by atoms with E-state index in [1.807, 2.05) is 24.3 Å². The second-order valence-corrected chi connectivity index (χ2v) is 5.75. The monoisotopic (exact) mass is 373 g/mol. The first-order valence-corrected chi connectivity index (χ1v) is 7.75. The largest absolute Gasteiger partial charge is 0.307 e. The molecule has 0 aliphatic carbocycles. The Morgan fingerprint density at radius 2 is 1.87 bits per heavy atom. The summed E-state index contributed by atoms with van der Waals surface area (Å²) in [5.74, 6) is -0.548. The number of anilines is 1. The number of amides is 1. The average molecular weight is 374 g/mol. The van der Waals surface area contributed by atoms with E-state index in [2.05, 4.69) is 26.3 Å². The molecule has 0 bridgehead atoms. The number of hydrogen-bond donors (Lipinski definition) is 1. The molecule has 1 amide bonds. The highest BCUT2D eigenvalue weighted by Gasteiger charge is 2.13. The summed E-state index contributed by atoms with van der Waals surface area (Å²) in [6.07, 6.45) is 1.59. The van der Waals surface area contributed by atoms with E-state index in [9.17, 15) is 9.18 Å². The summed E-state index contributed by atoms with van der Waals surface area (Å²) in [6, 6.07) is 15.3. The first-order valence-electron chi connectivity index (χ1n) is 6.96. The minimum absolute atomic E-state index is 0.00106. The fraction of sp³-hybridized carbons (Fsp3) is 0.0588. The number of nitrogens with zero attached hydrogens (tertiary/aromatic N) is 2. The molecule has 0 radical (unpaired) electrons. The van der Waals surface area contributed by atoms with Gasteiger partial charge in [-0.3, -0.25) is 4.79 Å². The van der Waals surface area contributed by atoms with Crippen LogP contribution >= 0.6 is 15.9 Å². The van der Waals surface area contributed by atoms with E-state index >= 15 is 0 Å². The quantitative estimate of drug-likeness (QED) is 0.748. The van der Waals surface area contributed by atoms with E-state index < -0.39 is 11.7 Å². The Kier molecular flexibility index (Phi) is 4.52. The lowest BCUT2D eigenvalue weighted by atomic mass is 10.2. The number of aromatic nitrogens is 2. The van der Waals surface area contributed by atoms with Gasteiger partial charge >= 0.3 is 0 Å². The topological polar surface area (TPSA) is 46.9 Å². The van der Waals surface area contributed by atoms with Gasteiger partial charge in [-0.1, -0.05) is 46.3 Å². The molecule has 4 nitrogen and oxygen atoms in total. The summed E-state index contributed by atoms with van der Waals surface area (Å²) in [7, 11) is 0. The van der Waals surface area contributed by atoms with Crippen LogP contribution in [0.3, 0.4) is 0 Å². The van der Waals surface area contributed by atoms with Crippen molar-refractivity contribution >= 4 is 27.7 Å². The molecule has 23 heavy (non-hydrogen) atoms. The minimum Gasteiger partial charge on any atom is -0.307 e. The Bertz CT molecular complexity index is 847. The van der Waals surface area contributed by atoms with Crippen molar-refractivity contribution in [3.8, 4) is 0 Å². The fourth-order valence-electron chi connectivity index (χ4n) is 2.18. The number of rotatable bonds is 4. The van der Waals surface area contributed by atoms with Crippen molar-refractivity contribution in [2.75, 3.05) is 5.32 Å². The minimum atomic E-state index is -0.554. The lowest BCUT2D eigenvalue weighted by Gasteiger charge is -2.10. The second-order valence-electron chi connectivity index (χ2n) is 4.90. The number of nitrogens with one attached hydrogen (secondary N) is 1. The molecule has 0 fully saturated rings. The molecule has 6 heteroatoms. The lowest BCUT2D eigenvalue weighted by Crippen LogP contribution is -2.17. The van der Waals surface area contributed by atoms with Crippen molar-refractivity contribution in [2.24, 2.45) is 0 Å². The first-order chi connectivity index (χ1) is 11.1. The molecule has 0 aliphatic heterocycles. The summed E-state index contributed by atoms with van der Waals surface area (Å²) in [5.41, 5.74) is 1.03. The number of halogens is 2. The number of hydrogen-bond acceptors (Lipinski definition) is 2. The number of carbonyl (C=O) groups excluding carboxylic acids is 1. The molecule has 2 aromatic carbocycles. The molecule has 0 saturated carbocycles. The Morgan fingerprint density at radius 1 is 1.13 bits per heavy atom. The maximum atomic E-state index is 13.7. The van der Waals surface area contributed by atoms with Gasteiger partial charge in [-0.05, 0) is 23.8 Å². The summed E-state index contributed by atoms with van der Waals surface area (Å²) in [4.78, 5) is 12.2. The van der Waals surface area contributed by atoms with Gasteiger partial charge < -0.3 is 5.32 Å². The third-order valence-corrected chi connectivity index (χ3v) is 4.13. The van der Waals surface area contributed by atoms with Crippen LogP contribution in [-0.2, 0) is 6.54 Å². The van der Waals surface area contributed by atoms with Crippen molar-refractivity contribution in [2.45, 2.75) is 6.54 Å². The van der Waals surface area contributed by atoms with Crippen LogP contribution in [0.2, 0.25) is 0 Å². The van der Waals surface area contributed by atoms with Gasteiger partial charge in [-0.2, -0.15) is 5.10 Å². The maximum Gasteiger partial charge on any atom is 0.259 e. The number of carbonyl (C=O) groups is 1. The second kappa shape index (κ2) is 6.75. The van der Waals surface area contributed by atoms with Crippen molar-refractivity contribution in [3.05, 3.63) is 82.2 Å². The summed E-state index contributed by atoms with van der Waals surface area (Å²) < 4.78 is 16.3. The van der Waals surface area contributed by atoms with Gasteiger partial charge in [0.1, 0.15) is 11.6 Å². The Hall–Kier alpha value is -2.47. The highest BCUT2D eigenvalue weighted by Crippen LogP contribution is 2.19. The van der Waals surface area contributed by atoms with Crippen LogP contribution in [0.25, 0.3) is 0 Å². The van der Waals surface area contributed by atoms with Crippen LogP contribution in [-0.4, -0.2) is 15.7 Å². The van der Waals surface area contributed by atoms with Gasteiger partial charge in [0.25, 0.3) is 5.91 Å². The molecule has 0 unspecified atom stereocenters. The van der Waals surface area contributed by atoms with Crippen LogP contribution in [0.15, 0.2) is 65.3 Å². The van der Waals surface area contributed by atoms with Crippen LogP contribution in [0.4, 0.5) is 10.2 Å². The predicted octanol–water partition coefficient (Wildman–Crippen LogP) is 4.09. The SMILES string of the molecule is O=C(Nc1ccnn1Cc1ccccc1Br)c1ccccc1F. The zero-order valence-electron chi connectivity index (χ0n) is 12.0. The molecule has 116 valence electrons. The molecule has 0 aliphatic rings. The molecule has 1 heterocycles. The van der Waals surface area contributed by atoms with E-state index in [-0.39, 0.29) is 5.56 Å². The predicted molar refractivity (Wildman–Crippen MR) is 89.8 cm³/mol. The first kappa shape index (κ1) is 15.4. The van der Waals surface area contributed by atoms with Gasteiger partial charge in [0, 0.05) is 10.5 Å². The summed E-state index contributed by atoms with van der Waals surface area (Å²) in [5, 5.41) is 6.90. The molecule has 0 spiro atoms. The molecule has 1 aromatic heterocycles. The highest BCUT2D eigenvalue weighted by atomic mass is 79.9. The van der Waals surface area contributed by atoms with Crippen LogP contribution in [0.5, 0.6) is 0 Å². The standard InChI is InChI=1S/C17H13BrFN3O/c18-14-7-3-1-5-12(14)11-22-16(9-10-20-22)21-17(23)13-6-2-4-8-15(13)19/h1-10H,11H2,(H,21,23). The van der Waals surface area contributed by atoms with E-state index in [1.54, 1.807) is 29.1 Å². The van der Waals surface area contributed by atoms with Gasteiger partial charge in [0.15, 0.2) is 0 Å². The van der Waals surface area contributed by atoms with E-state index in [0.29, 0.717) is 12.4 Å². The number of benzene rings is 2. The molecule has 3 rings (SSSR count). The van der Waals surface area contributed by atoms with E-state index in [4.69, 9.17) is 0 Å². The fourth-order valence-corrected chi connectivity index (χ4v) is 2.59. The molecular formula is C17H13BrFN3O. The molecule has 0 saturated heterocycles. The average Bonchev–Trinajstić information content (AvgIpc) is 2.97. The normalized spacial score (nSPS) is 10.5. The summed E-state index contributed by atoms with van der Waals surface area (Å²) in [6.45, 7) is 0.487. The van der Waals surface area contributed by atoms with Gasteiger partial charge in [-0.15, -0.1) is 0 Å². The van der Waals surface area contributed by atoms with Crippen molar-refractivity contribution in [1.29, 1.82) is 0 Å². The van der Waals surface area contributed by atoms with Crippen molar-refractivity contribution in [3.63, 3.8) is 0 Å². The van der Waals surface area contributed by atoms with Crippen molar-refractivity contribution in [1.82, 2.24) is 9.78 Å². The van der Waals surface area contributed by atoms with Crippen LogP contribution in [0.1, 0.15) is 15.9 Å². The third kappa shape index (κ3) is 3.48. The lowest BCUT2D eigenvalue weighted by molar-refractivity contribution is 0.102. The molecule has 3 aromatic rings. The zero-order chi connectivity index (χ0) is 16.2. The van der Waals surface area contributed by atoms with Crippen molar-refractivity contribution < 1.29 is 9.18 Å². The maximum absolute atomic E-state index is 13.7. The highest BCUT2D eigenvalue weighted by molar-refractivity contribution is 9.10. The Labute approximate surface area is 141 Å².